The number of benzene rings is 6. The lowest BCUT2D eigenvalue weighted by molar-refractivity contribution is 0.465. The topological polar surface area (TPSA) is 18.5 Å². The molecule has 4 heteroatoms. The first-order valence-corrected chi connectivity index (χ1v) is 16.1. The summed E-state index contributed by atoms with van der Waals surface area (Å²) in [6, 6.07) is 52.5. The Balaban J connectivity index is 1.47. The van der Waals surface area contributed by atoms with Crippen molar-refractivity contribution in [2.24, 2.45) is 0 Å². The molecule has 0 saturated carbocycles. The third-order valence-electron chi connectivity index (χ3n) is 8.59. The largest absolute Gasteiger partial charge is 0.458 e. The molecule has 6 aromatic rings. The van der Waals surface area contributed by atoms with E-state index in [1.165, 1.54) is 37.2 Å². The zero-order valence-corrected chi connectivity index (χ0v) is 23.8. The van der Waals surface area contributed by atoms with Crippen LogP contribution in [0.15, 0.2) is 146 Å². The van der Waals surface area contributed by atoms with E-state index >= 15 is 0 Å². The zero-order valence-electron chi connectivity index (χ0n) is 22.8. The molecule has 0 radical (unpaired) electrons. The summed E-state index contributed by atoms with van der Waals surface area (Å²) in [5.41, 5.74) is 4.71. The first-order chi connectivity index (χ1) is 20.2. The Bertz CT molecular complexity index is 1790. The Kier molecular flexibility index (Phi) is 5.51. The van der Waals surface area contributed by atoms with Gasteiger partial charge in [-0.1, -0.05) is 127 Å². The van der Waals surface area contributed by atoms with Gasteiger partial charge in [-0.2, -0.15) is 0 Å². The molecule has 6 aromatic carbocycles. The molecule has 0 spiro atoms. The number of aryl methyl sites for hydroxylation is 1. The monoisotopic (exact) mass is 542 g/mol. The van der Waals surface area contributed by atoms with Crippen molar-refractivity contribution in [1.29, 1.82) is 0 Å². The van der Waals surface area contributed by atoms with Crippen molar-refractivity contribution in [3.63, 3.8) is 0 Å². The highest BCUT2D eigenvalue weighted by Gasteiger charge is 2.45. The van der Waals surface area contributed by atoms with Crippen LogP contribution in [0.4, 0.5) is 0 Å². The van der Waals surface area contributed by atoms with Gasteiger partial charge < -0.3 is 9.47 Å². The summed E-state index contributed by atoms with van der Waals surface area (Å²) in [5, 5.41) is 5.21. The molecule has 0 saturated heterocycles. The van der Waals surface area contributed by atoms with Crippen molar-refractivity contribution in [2.45, 2.75) is 6.92 Å². The fraction of sp³-hybridized carbons (Fsp3) is 0.0270. The van der Waals surface area contributed by atoms with Crippen molar-refractivity contribution in [2.75, 3.05) is 0 Å². The lowest BCUT2D eigenvalue weighted by atomic mass is 9.35. The zero-order chi connectivity index (χ0) is 27.4. The summed E-state index contributed by atoms with van der Waals surface area (Å²) >= 11 is 0. The van der Waals surface area contributed by atoms with Gasteiger partial charge in [0.15, 0.2) is 8.07 Å². The van der Waals surface area contributed by atoms with Gasteiger partial charge in [0.2, 0.25) is 0 Å². The van der Waals surface area contributed by atoms with E-state index in [2.05, 4.69) is 153 Å². The molecule has 8 rings (SSSR count). The van der Waals surface area contributed by atoms with Crippen LogP contribution in [0, 0.1) is 6.92 Å². The first kappa shape index (κ1) is 24.0. The third-order valence-corrected chi connectivity index (χ3v) is 13.3. The highest BCUT2D eigenvalue weighted by Crippen LogP contribution is 2.34. The molecule has 0 fully saturated rings. The standard InChI is InChI=1S/C37H27BO2Si/c1-26-21-22-34-32(23-26)38-31-19-11-12-20-33(31)39-35-24-30(25-36(40-34)37(35)38)41(27-13-5-2-6-14-27,28-15-7-3-8-16-28)29-17-9-4-10-18-29/h2-25H,1H3. The highest BCUT2D eigenvalue weighted by molar-refractivity contribution is 7.20. The van der Waals surface area contributed by atoms with Gasteiger partial charge in [-0.15, -0.1) is 0 Å². The van der Waals surface area contributed by atoms with Crippen LogP contribution in [0.5, 0.6) is 23.0 Å². The maximum absolute atomic E-state index is 6.78. The molecule has 2 nitrogen and oxygen atoms in total. The van der Waals surface area contributed by atoms with E-state index in [1.807, 2.05) is 0 Å². The van der Waals surface area contributed by atoms with E-state index in [0.717, 1.165) is 28.5 Å². The minimum absolute atomic E-state index is 0.0592. The van der Waals surface area contributed by atoms with E-state index < -0.39 is 8.07 Å². The number of rotatable bonds is 4. The van der Waals surface area contributed by atoms with Gasteiger partial charge >= 0.3 is 0 Å². The van der Waals surface area contributed by atoms with E-state index in [-0.39, 0.29) is 6.71 Å². The number of hydrogen-bond acceptors (Lipinski definition) is 2. The number of fused-ring (bicyclic) bond motifs is 4. The molecule has 0 atom stereocenters. The normalized spacial score (nSPS) is 12.9. The molecule has 2 aliphatic heterocycles. The van der Waals surface area contributed by atoms with Crippen molar-refractivity contribution >= 4 is 51.9 Å². The van der Waals surface area contributed by atoms with Gasteiger partial charge in [0, 0.05) is 5.46 Å². The van der Waals surface area contributed by atoms with Crippen LogP contribution in [-0.2, 0) is 0 Å². The number of para-hydroxylation sites is 1. The Morgan fingerprint density at radius 3 is 1.49 bits per heavy atom. The average molecular weight is 543 g/mol. The van der Waals surface area contributed by atoms with Crippen LogP contribution in [0.25, 0.3) is 0 Å². The Morgan fingerprint density at radius 1 is 0.439 bits per heavy atom. The summed E-state index contributed by atoms with van der Waals surface area (Å²) in [5.74, 6) is 3.59. The molecule has 41 heavy (non-hydrogen) atoms. The van der Waals surface area contributed by atoms with E-state index in [1.54, 1.807) is 0 Å². The van der Waals surface area contributed by atoms with Gasteiger partial charge in [0.05, 0.1) is 0 Å². The lowest BCUT2D eigenvalue weighted by Gasteiger charge is -2.38. The summed E-state index contributed by atoms with van der Waals surface area (Å²) in [4.78, 5) is 0. The molecule has 0 bridgehead atoms. The van der Waals surface area contributed by atoms with E-state index in [0.29, 0.717) is 0 Å². The molecule has 2 aliphatic rings. The quantitative estimate of drug-likeness (QED) is 0.246. The van der Waals surface area contributed by atoms with Gasteiger partial charge in [0.25, 0.3) is 6.71 Å². The fourth-order valence-corrected chi connectivity index (χ4v) is 11.6. The molecular weight excluding hydrogens is 515 g/mol. The van der Waals surface area contributed by atoms with Crippen LogP contribution in [0.2, 0.25) is 0 Å². The van der Waals surface area contributed by atoms with Crippen LogP contribution >= 0.6 is 0 Å². The number of hydrogen-bond donors (Lipinski definition) is 0. The summed E-state index contributed by atoms with van der Waals surface area (Å²) in [7, 11) is -2.76. The second-order valence-electron chi connectivity index (χ2n) is 11.0. The maximum Gasteiger partial charge on any atom is 0.260 e. The molecule has 0 unspecified atom stereocenters. The Labute approximate surface area is 242 Å². The second-order valence-corrected chi connectivity index (χ2v) is 14.8. The highest BCUT2D eigenvalue weighted by atomic mass is 28.3. The van der Waals surface area contributed by atoms with Crippen molar-refractivity contribution in [3.05, 3.63) is 151 Å². The SMILES string of the molecule is Cc1ccc2c(c1)B1c3ccccc3Oc3cc([Si](c4ccccc4)(c4ccccc4)c4ccccc4)cc(c31)O2. The average Bonchev–Trinajstić information content (AvgIpc) is 3.03. The van der Waals surface area contributed by atoms with Crippen LogP contribution < -0.4 is 46.6 Å². The predicted molar refractivity (Wildman–Crippen MR) is 172 cm³/mol. The third kappa shape index (κ3) is 3.64. The van der Waals surface area contributed by atoms with Gasteiger partial charge in [-0.3, -0.25) is 0 Å². The van der Waals surface area contributed by atoms with Crippen molar-refractivity contribution < 1.29 is 9.47 Å². The fourth-order valence-electron chi connectivity index (χ4n) is 6.85. The Morgan fingerprint density at radius 2 is 0.927 bits per heavy atom. The molecule has 194 valence electrons. The molecule has 0 aliphatic carbocycles. The second kappa shape index (κ2) is 9.40. The van der Waals surface area contributed by atoms with E-state index in [4.69, 9.17) is 9.47 Å². The van der Waals surface area contributed by atoms with Crippen LogP contribution in [-0.4, -0.2) is 14.8 Å². The smallest absolute Gasteiger partial charge is 0.260 e. The predicted octanol–water partition coefficient (Wildman–Crippen LogP) is 4.10. The summed E-state index contributed by atoms with van der Waals surface area (Å²) in [6.07, 6.45) is 0. The molecule has 0 N–H and O–H groups in total. The summed E-state index contributed by atoms with van der Waals surface area (Å²) < 4.78 is 13.5. The molecule has 0 aromatic heterocycles. The van der Waals surface area contributed by atoms with Crippen LogP contribution in [0.1, 0.15) is 5.56 Å². The lowest BCUT2D eigenvalue weighted by Crippen LogP contribution is -2.75. The minimum Gasteiger partial charge on any atom is -0.458 e. The first-order valence-electron chi connectivity index (χ1n) is 14.1. The molecule has 2 heterocycles. The van der Waals surface area contributed by atoms with Gasteiger partial charge in [-0.05, 0) is 62.9 Å². The van der Waals surface area contributed by atoms with Gasteiger partial charge in [-0.25, -0.2) is 0 Å². The summed E-state index contributed by atoms with van der Waals surface area (Å²) in [6.45, 7) is 2.20. The van der Waals surface area contributed by atoms with Gasteiger partial charge in [0.1, 0.15) is 23.0 Å². The van der Waals surface area contributed by atoms with E-state index in [9.17, 15) is 0 Å². The molecular formula is C37H27BO2Si. The minimum atomic E-state index is -2.76. The molecule has 0 amide bonds. The maximum atomic E-state index is 6.78. The Hall–Kier alpha value is -4.80. The van der Waals surface area contributed by atoms with Crippen LogP contribution in [0.3, 0.4) is 0 Å². The van der Waals surface area contributed by atoms with Crippen molar-refractivity contribution in [1.82, 2.24) is 0 Å². The number of ether oxygens (including phenoxy) is 2. The van der Waals surface area contributed by atoms with Crippen molar-refractivity contribution in [3.8, 4) is 23.0 Å².